The lowest BCUT2D eigenvalue weighted by Crippen LogP contribution is -2.23. The first-order valence-electron chi connectivity index (χ1n) is 7.32. The third-order valence-electron chi connectivity index (χ3n) is 3.72. The van der Waals surface area contributed by atoms with Gasteiger partial charge in [-0.15, -0.1) is 10.2 Å². The molecule has 1 N–H and O–H groups in total. The van der Waals surface area contributed by atoms with Crippen LogP contribution in [0.5, 0.6) is 0 Å². The number of carbonyl (C=O) groups excluding carboxylic acids is 1. The standard InChI is InChI=1S/C15H16N6O/c16-9-12(15(22)18-11-5-4-7-17-10-11)14-20-19-13-6-2-1-3-8-21(13)14/h4-5,7,10,12H,1-3,6,8H2,(H,18,22). The van der Waals surface area contributed by atoms with Crippen LogP contribution in [0.3, 0.4) is 0 Å². The van der Waals surface area contributed by atoms with Gasteiger partial charge in [-0.25, -0.2) is 0 Å². The van der Waals surface area contributed by atoms with Crippen LogP contribution in [0.15, 0.2) is 24.5 Å². The van der Waals surface area contributed by atoms with E-state index >= 15 is 0 Å². The van der Waals surface area contributed by atoms with Crippen molar-refractivity contribution in [2.75, 3.05) is 5.32 Å². The largest absolute Gasteiger partial charge is 0.323 e. The molecular formula is C15H16N6O. The Bertz CT molecular complexity index is 703. The minimum atomic E-state index is -0.973. The van der Waals surface area contributed by atoms with Gasteiger partial charge in [0.15, 0.2) is 11.7 Å². The molecule has 0 aliphatic carbocycles. The van der Waals surface area contributed by atoms with Gasteiger partial charge in [0.25, 0.3) is 0 Å². The van der Waals surface area contributed by atoms with Gasteiger partial charge in [-0.2, -0.15) is 5.26 Å². The van der Waals surface area contributed by atoms with E-state index in [1.807, 2.05) is 10.6 Å². The molecule has 0 saturated carbocycles. The molecule has 22 heavy (non-hydrogen) atoms. The van der Waals surface area contributed by atoms with Crippen molar-refractivity contribution in [3.63, 3.8) is 0 Å². The number of pyridine rings is 1. The van der Waals surface area contributed by atoms with Crippen LogP contribution in [0.4, 0.5) is 5.69 Å². The summed E-state index contributed by atoms with van der Waals surface area (Å²) in [5.74, 6) is -0.0859. The number of amides is 1. The predicted octanol–water partition coefficient (Wildman–Crippen LogP) is 1.65. The molecule has 3 rings (SSSR count). The maximum Gasteiger partial charge on any atom is 0.249 e. The summed E-state index contributed by atoms with van der Waals surface area (Å²) in [7, 11) is 0. The quantitative estimate of drug-likeness (QED) is 0.928. The van der Waals surface area contributed by atoms with E-state index < -0.39 is 11.8 Å². The van der Waals surface area contributed by atoms with Crippen molar-refractivity contribution in [3.8, 4) is 6.07 Å². The molecule has 1 aliphatic rings. The normalized spacial score (nSPS) is 15.2. The molecule has 1 atom stereocenters. The van der Waals surface area contributed by atoms with Crippen molar-refractivity contribution in [2.45, 2.75) is 38.1 Å². The van der Waals surface area contributed by atoms with Crippen LogP contribution in [-0.4, -0.2) is 25.7 Å². The van der Waals surface area contributed by atoms with Crippen LogP contribution in [0.1, 0.15) is 36.8 Å². The zero-order valence-electron chi connectivity index (χ0n) is 12.1. The molecule has 0 aromatic carbocycles. The van der Waals surface area contributed by atoms with Gasteiger partial charge in [-0.3, -0.25) is 9.78 Å². The number of hydrogen-bond donors (Lipinski definition) is 1. The first-order chi connectivity index (χ1) is 10.8. The number of nitrogens with one attached hydrogen (secondary N) is 1. The molecule has 1 aliphatic heterocycles. The summed E-state index contributed by atoms with van der Waals surface area (Å²) in [6.45, 7) is 0.760. The summed E-state index contributed by atoms with van der Waals surface area (Å²) in [6.07, 6.45) is 7.21. The first kappa shape index (κ1) is 14.2. The molecule has 0 saturated heterocycles. The Morgan fingerprint density at radius 1 is 1.36 bits per heavy atom. The number of nitriles is 1. The van der Waals surface area contributed by atoms with Crippen LogP contribution in [0.2, 0.25) is 0 Å². The lowest BCUT2D eigenvalue weighted by molar-refractivity contribution is -0.116. The number of nitrogens with zero attached hydrogens (tertiary/aromatic N) is 5. The summed E-state index contributed by atoms with van der Waals surface area (Å²) in [5, 5.41) is 20.3. The number of fused-ring (bicyclic) bond motifs is 1. The fourth-order valence-corrected chi connectivity index (χ4v) is 2.61. The second-order valence-corrected chi connectivity index (χ2v) is 5.23. The average Bonchev–Trinajstić information content (AvgIpc) is 2.78. The summed E-state index contributed by atoms with van der Waals surface area (Å²) in [6, 6.07) is 5.49. The van der Waals surface area contributed by atoms with E-state index in [2.05, 4.69) is 20.5 Å². The molecule has 0 spiro atoms. The lowest BCUT2D eigenvalue weighted by atomic mass is 10.1. The van der Waals surface area contributed by atoms with Crippen molar-refractivity contribution >= 4 is 11.6 Å². The minimum Gasteiger partial charge on any atom is -0.323 e. The molecule has 2 aromatic rings. The predicted molar refractivity (Wildman–Crippen MR) is 78.8 cm³/mol. The van der Waals surface area contributed by atoms with Gasteiger partial charge >= 0.3 is 0 Å². The number of rotatable bonds is 3. The van der Waals surface area contributed by atoms with Gasteiger partial charge in [0.1, 0.15) is 5.82 Å². The summed E-state index contributed by atoms with van der Waals surface area (Å²) < 4.78 is 1.92. The van der Waals surface area contributed by atoms with Gasteiger partial charge in [0.2, 0.25) is 5.91 Å². The van der Waals surface area contributed by atoms with Crippen LogP contribution in [-0.2, 0) is 17.8 Å². The second-order valence-electron chi connectivity index (χ2n) is 5.23. The highest BCUT2D eigenvalue weighted by molar-refractivity contribution is 5.97. The molecular weight excluding hydrogens is 280 g/mol. The van der Waals surface area contributed by atoms with Crippen molar-refractivity contribution < 1.29 is 4.79 Å². The molecule has 0 fully saturated rings. The Kier molecular flexibility index (Phi) is 4.10. The van der Waals surface area contributed by atoms with E-state index in [9.17, 15) is 10.1 Å². The molecule has 0 bridgehead atoms. The van der Waals surface area contributed by atoms with Crippen LogP contribution in [0, 0.1) is 11.3 Å². The highest BCUT2D eigenvalue weighted by atomic mass is 16.1. The Morgan fingerprint density at radius 3 is 3.05 bits per heavy atom. The van der Waals surface area contributed by atoms with Crippen LogP contribution >= 0.6 is 0 Å². The number of aryl methyl sites for hydroxylation is 1. The van der Waals surface area contributed by atoms with E-state index in [-0.39, 0.29) is 0 Å². The smallest absolute Gasteiger partial charge is 0.249 e. The fraction of sp³-hybridized carbons (Fsp3) is 0.400. The van der Waals surface area contributed by atoms with E-state index in [0.717, 1.165) is 38.1 Å². The van der Waals surface area contributed by atoms with Crippen LogP contribution in [0.25, 0.3) is 0 Å². The molecule has 7 nitrogen and oxygen atoms in total. The van der Waals surface area contributed by atoms with Gasteiger partial charge in [-0.05, 0) is 25.0 Å². The van der Waals surface area contributed by atoms with Gasteiger partial charge in [0.05, 0.1) is 18.0 Å². The Balaban J connectivity index is 1.84. The van der Waals surface area contributed by atoms with E-state index in [0.29, 0.717) is 11.5 Å². The molecule has 2 aromatic heterocycles. The van der Waals surface area contributed by atoms with Gasteiger partial charge in [-0.1, -0.05) is 6.42 Å². The summed E-state index contributed by atoms with van der Waals surface area (Å²) >= 11 is 0. The molecule has 0 radical (unpaired) electrons. The summed E-state index contributed by atoms with van der Waals surface area (Å²) in [4.78, 5) is 16.3. The Hall–Kier alpha value is -2.75. The van der Waals surface area contributed by atoms with E-state index in [1.165, 1.54) is 6.20 Å². The Labute approximate surface area is 128 Å². The number of hydrogen-bond acceptors (Lipinski definition) is 5. The van der Waals surface area contributed by atoms with Crippen LogP contribution < -0.4 is 5.32 Å². The molecule has 3 heterocycles. The highest BCUT2D eigenvalue weighted by Crippen LogP contribution is 2.21. The average molecular weight is 296 g/mol. The fourth-order valence-electron chi connectivity index (χ4n) is 2.61. The molecule has 1 amide bonds. The van der Waals surface area contributed by atoms with Crippen molar-refractivity contribution in [1.82, 2.24) is 19.7 Å². The second kappa shape index (κ2) is 6.35. The van der Waals surface area contributed by atoms with E-state index in [4.69, 9.17) is 0 Å². The van der Waals surface area contributed by atoms with Crippen molar-refractivity contribution in [1.29, 1.82) is 5.26 Å². The van der Waals surface area contributed by atoms with Crippen molar-refractivity contribution in [3.05, 3.63) is 36.2 Å². The molecule has 112 valence electrons. The first-order valence-corrected chi connectivity index (χ1v) is 7.32. The maximum atomic E-state index is 12.4. The zero-order valence-corrected chi connectivity index (χ0v) is 12.1. The molecule has 7 heteroatoms. The SMILES string of the molecule is N#CC(C(=O)Nc1cccnc1)c1nnc2n1CCCCC2. The minimum absolute atomic E-state index is 0.407. The lowest BCUT2D eigenvalue weighted by Gasteiger charge is -2.12. The zero-order chi connectivity index (χ0) is 15.4. The topological polar surface area (TPSA) is 96.5 Å². The third kappa shape index (κ3) is 2.81. The molecule has 1 unspecified atom stereocenters. The number of anilines is 1. The van der Waals surface area contributed by atoms with Gasteiger partial charge in [0, 0.05) is 19.2 Å². The maximum absolute atomic E-state index is 12.4. The van der Waals surface area contributed by atoms with Gasteiger partial charge < -0.3 is 9.88 Å². The highest BCUT2D eigenvalue weighted by Gasteiger charge is 2.28. The number of aromatic nitrogens is 4. The summed E-state index contributed by atoms with van der Waals surface area (Å²) in [5.41, 5.74) is 0.559. The Morgan fingerprint density at radius 2 is 2.27 bits per heavy atom. The van der Waals surface area contributed by atoms with Crippen molar-refractivity contribution in [2.24, 2.45) is 0 Å². The number of carbonyl (C=O) groups is 1. The monoisotopic (exact) mass is 296 g/mol. The third-order valence-corrected chi connectivity index (χ3v) is 3.72. The van der Waals surface area contributed by atoms with E-state index in [1.54, 1.807) is 18.3 Å².